The molecule has 0 amide bonds. The van der Waals surface area contributed by atoms with E-state index in [2.05, 4.69) is 108 Å². The molecule has 0 aromatic heterocycles. The SMILES string of the molecule is C=CC(C)c1ccccc1.C=CCCCCCCCCCCCC.CCCCCCCCCCCCC=CC(C)c1ccccc1. The number of hydrogen-bond acceptors (Lipinski definition) is 0. The fourth-order valence-electron chi connectivity index (χ4n) is 5.59. The topological polar surface area (TPSA) is 0 Å². The molecule has 0 spiro atoms. The van der Waals surface area contributed by atoms with Crippen LogP contribution in [-0.4, -0.2) is 0 Å². The van der Waals surface area contributed by atoms with E-state index in [1.165, 1.54) is 152 Å². The minimum absolute atomic E-state index is 0.473. The summed E-state index contributed by atoms with van der Waals surface area (Å²) >= 11 is 0. The number of unbranched alkanes of at least 4 members (excludes halogenated alkanes) is 20. The largest absolute Gasteiger partial charge is 0.103 e. The van der Waals surface area contributed by atoms with Crippen LogP contribution in [0, 0.1) is 0 Å². The van der Waals surface area contributed by atoms with Gasteiger partial charge in [-0.1, -0.05) is 228 Å². The Morgan fingerprint density at radius 3 is 1.17 bits per heavy atom. The molecule has 0 aliphatic heterocycles. The predicted octanol–water partition coefficient (Wildman–Crippen LogP) is 16.1. The zero-order chi connectivity index (χ0) is 33.8. The van der Waals surface area contributed by atoms with E-state index in [-0.39, 0.29) is 0 Å². The molecule has 0 radical (unpaired) electrons. The molecule has 2 aromatic rings. The summed E-state index contributed by atoms with van der Waals surface area (Å²) in [6, 6.07) is 21.1. The molecular formula is C46H76. The summed E-state index contributed by atoms with van der Waals surface area (Å²) in [6.45, 7) is 16.5. The van der Waals surface area contributed by atoms with E-state index in [1.807, 2.05) is 18.2 Å². The fraction of sp³-hybridized carbons (Fsp3) is 0.609. The van der Waals surface area contributed by atoms with E-state index >= 15 is 0 Å². The number of rotatable bonds is 26. The molecule has 0 N–H and O–H groups in total. The maximum Gasteiger partial charge on any atom is -0.00104 e. The molecule has 46 heavy (non-hydrogen) atoms. The minimum atomic E-state index is 0.473. The standard InChI is InChI=1S/C22H36.C14H28.C10H12/c1-3-4-5-6-7-8-9-10-11-12-13-15-18-21(2)22-19-16-14-17-20-22;1-3-5-7-9-11-13-14-12-10-8-6-4-2;1-3-9(2)10-7-5-4-6-8-10/h14-21H,3-13H2,1-2H3;3H,1,4-14H2,2H3;3-9H,1H2,2H3. The Labute approximate surface area is 289 Å². The molecule has 0 aliphatic rings. The van der Waals surface area contributed by atoms with Gasteiger partial charge in [0.05, 0.1) is 0 Å². The molecule has 0 heterocycles. The van der Waals surface area contributed by atoms with E-state index in [4.69, 9.17) is 0 Å². The third kappa shape index (κ3) is 29.1. The van der Waals surface area contributed by atoms with Crippen LogP contribution < -0.4 is 0 Å². The van der Waals surface area contributed by atoms with Gasteiger partial charge in [0.25, 0.3) is 0 Å². The summed E-state index contributed by atoms with van der Waals surface area (Å²) in [4.78, 5) is 0. The Hall–Kier alpha value is -2.34. The van der Waals surface area contributed by atoms with Crippen LogP contribution in [0.2, 0.25) is 0 Å². The van der Waals surface area contributed by atoms with Gasteiger partial charge >= 0.3 is 0 Å². The quantitative estimate of drug-likeness (QED) is 0.0718. The predicted molar refractivity (Wildman–Crippen MR) is 212 cm³/mol. The highest BCUT2D eigenvalue weighted by molar-refractivity contribution is 5.23. The Kier molecular flexibility index (Phi) is 33.7. The molecule has 0 aliphatic carbocycles. The van der Waals surface area contributed by atoms with Gasteiger partial charge in [-0.15, -0.1) is 13.2 Å². The van der Waals surface area contributed by atoms with Crippen LogP contribution in [-0.2, 0) is 0 Å². The molecule has 0 saturated carbocycles. The van der Waals surface area contributed by atoms with Crippen LogP contribution in [0.5, 0.6) is 0 Å². The van der Waals surface area contributed by atoms with Crippen LogP contribution >= 0.6 is 0 Å². The van der Waals surface area contributed by atoms with Gasteiger partial charge < -0.3 is 0 Å². The molecule has 260 valence electrons. The van der Waals surface area contributed by atoms with Crippen LogP contribution in [0.3, 0.4) is 0 Å². The van der Waals surface area contributed by atoms with E-state index in [0.29, 0.717) is 11.8 Å². The van der Waals surface area contributed by atoms with Crippen LogP contribution in [0.25, 0.3) is 0 Å². The third-order valence-electron chi connectivity index (χ3n) is 8.92. The second-order valence-electron chi connectivity index (χ2n) is 13.3. The average molecular weight is 629 g/mol. The molecule has 2 rings (SSSR count). The van der Waals surface area contributed by atoms with Crippen molar-refractivity contribution >= 4 is 0 Å². The number of benzene rings is 2. The second-order valence-corrected chi connectivity index (χ2v) is 13.3. The fourth-order valence-corrected chi connectivity index (χ4v) is 5.59. The lowest BCUT2D eigenvalue weighted by Crippen LogP contribution is -1.87. The van der Waals surface area contributed by atoms with Crippen molar-refractivity contribution in [2.45, 2.75) is 181 Å². The van der Waals surface area contributed by atoms with Crippen molar-refractivity contribution in [3.05, 3.63) is 109 Å². The van der Waals surface area contributed by atoms with Gasteiger partial charge in [-0.2, -0.15) is 0 Å². The number of allylic oxidation sites excluding steroid dienone is 4. The molecule has 2 atom stereocenters. The molecule has 0 fully saturated rings. The molecule has 2 unspecified atom stereocenters. The highest BCUT2D eigenvalue weighted by atomic mass is 14.0. The minimum Gasteiger partial charge on any atom is -0.103 e. The van der Waals surface area contributed by atoms with Crippen molar-refractivity contribution in [2.24, 2.45) is 0 Å². The highest BCUT2D eigenvalue weighted by Crippen LogP contribution is 2.17. The Morgan fingerprint density at radius 1 is 0.457 bits per heavy atom. The van der Waals surface area contributed by atoms with Crippen molar-refractivity contribution in [3.8, 4) is 0 Å². The summed E-state index contributed by atoms with van der Waals surface area (Å²) in [5.41, 5.74) is 2.75. The van der Waals surface area contributed by atoms with Crippen molar-refractivity contribution in [2.75, 3.05) is 0 Å². The zero-order valence-corrected chi connectivity index (χ0v) is 31.2. The first kappa shape index (κ1) is 43.7. The maximum atomic E-state index is 3.74. The normalized spacial score (nSPS) is 12.0. The van der Waals surface area contributed by atoms with E-state index in [1.54, 1.807) is 0 Å². The Morgan fingerprint density at radius 2 is 0.804 bits per heavy atom. The maximum absolute atomic E-state index is 3.74. The van der Waals surface area contributed by atoms with E-state index in [0.717, 1.165) is 0 Å². The lowest BCUT2D eigenvalue weighted by Gasteiger charge is -2.05. The summed E-state index contributed by atoms with van der Waals surface area (Å²) in [5, 5.41) is 0. The summed E-state index contributed by atoms with van der Waals surface area (Å²) in [5.74, 6) is 1.02. The van der Waals surface area contributed by atoms with E-state index in [9.17, 15) is 0 Å². The lowest BCUT2D eigenvalue weighted by atomic mass is 10.00. The first-order valence-corrected chi connectivity index (χ1v) is 19.6. The summed E-state index contributed by atoms with van der Waals surface area (Å²) in [6.07, 6.45) is 39.6. The van der Waals surface area contributed by atoms with Crippen LogP contribution in [0.4, 0.5) is 0 Å². The monoisotopic (exact) mass is 629 g/mol. The lowest BCUT2D eigenvalue weighted by molar-refractivity contribution is 0.557. The number of hydrogen-bond donors (Lipinski definition) is 0. The zero-order valence-electron chi connectivity index (χ0n) is 31.2. The van der Waals surface area contributed by atoms with Crippen molar-refractivity contribution in [1.29, 1.82) is 0 Å². The van der Waals surface area contributed by atoms with Crippen LogP contribution in [0.15, 0.2) is 98.1 Å². The third-order valence-corrected chi connectivity index (χ3v) is 8.92. The molecule has 0 saturated heterocycles. The van der Waals surface area contributed by atoms with Gasteiger partial charge in [0, 0.05) is 0 Å². The van der Waals surface area contributed by atoms with Gasteiger partial charge in [-0.25, -0.2) is 0 Å². The van der Waals surface area contributed by atoms with Gasteiger partial charge in [0.15, 0.2) is 0 Å². The summed E-state index contributed by atoms with van der Waals surface area (Å²) in [7, 11) is 0. The van der Waals surface area contributed by atoms with Crippen molar-refractivity contribution < 1.29 is 0 Å². The Balaban J connectivity index is 0.000000720. The molecular weight excluding hydrogens is 553 g/mol. The first-order valence-electron chi connectivity index (χ1n) is 19.6. The molecule has 2 aromatic carbocycles. The average Bonchev–Trinajstić information content (AvgIpc) is 3.10. The van der Waals surface area contributed by atoms with Crippen molar-refractivity contribution in [3.63, 3.8) is 0 Å². The Bertz CT molecular complexity index is 892. The highest BCUT2D eigenvalue weighted by Gasteiger charge is 1.99. The van der Waals surface area contributed by atoms with Crippen molar-refractivity contribution in [1.82, 2.24) is 0 Å². The van der Waals surface area contributed by atoms with E-state index < -0.39 is 0 Å². The smallest absolute Gasteiger partial charge is 0.00104 e. The van der Waals surface area contributed by atoms with Gasteiger partial charge in [-0.05, 0) is 48.6 Å². The van der Waals surface area contributed by atoms with Crippen LogP contribution in [0.1, 0.15) is 192 Å². The van der Waals surface area contributed by atoms with Gasteiger partial charge in [0.2, 0.25) is 0 Å². The molecule has 0 nitrogen and oxygen atoms in total. The summed E-state index contributed by atoms with van der Waals surface area (Å²) < 4.78 is 0. The van der Waals surface area contributed by atoms with Gasteiger partial charge in [0.1, 0.15) is 0 Å². The molecule has 0 bridgehead atoms. The molecule has 0 heteroatoms. The van der Waals surface area contributed by atoms with Gasteiger partial charge in [-0.3, -0.25) is 0 Å². The second kappa shape index (κ2) is 35.5. The first-order chi connectivity index (χ1) is 22.6.